The molecule has 0 saturated carbocycles. The highest BCUT2D eigenvalue weighted by Crippen LogP contribution is 2.27. The highest BCUT2D eigenvalue weighted by atomic mass is 35.8. The summed E-state index contributed by atoms with van der Waals surface area (Å²) >= 11 is 17.3. The van der Waals surface area contributed by atoms with E-state index in [2.05, 4.69) is 0 Å². The summed E-state index contributed by atoms with van der Waals surface area (Å²) in [6, 6.07) is -1.64. The molecule has 6 heteroatoms. The first-order valence-electron chi connectivity index (χ1n) is 5.62. The van der Waals surface area contributed by atoms with Crippen LogP contribution in [0.3, 0.4) is 0 Å². The molecule has 2 nitrogen and oxygen atoms in total. The van der Waals surface area contributed by atoms with E-state index in [-0.39, 0.29) is 5.97 Å². The zero-order valence-electron chi connectivity index (χ0n) is 9.61. The zero-order chi connectivity index (χ0) is 12.4. The van der Waals surface area contributed by atoms with Crippen LogP contribution in [0.1, 0.15) is 45.4 Å². The van der Waals surface area contributed by atoms with Crippen molar-refractivity contribution in [2.75, 3.05) is 6.61 Å². The molecule has 0 saturated heterocycles. The Hall–Kier alpha value is 0.557. The zero-order valence-corrected chi connectivity index (χ0v) is 12.9. The summed E-state index contributed by atoms with van der Waals surface area (Å²) in [5, 5.41) is 0. The van der Waals surface area contributed by atoms with Crippen LogP contribution in [0, 0.1) is 0 Å². The van der Waals surface area contributed by atoms with Crippen molar-refractivity contribution in [3.8, 4) is 0 Å². The first-order chi connectivity index (χ1) is 7.42. The van der Waals surface area contributed by atoms with Crippen LogP contribution in [0.25, 0.3) is 0 Å². The smallest absolute Gasteiger partial charge is 0.341 e. The lowest BCUT2D eigenvalue weighted by molar-refractivity contribution is -0.141. The van der Waals surface area contributed by atoms with E-state index in [1.807, 2.05) is 0 Å². The van der Waals surface area contributed by atoms with Crippen LogP contribution in [-0.4, -0.2) is 18.6 Å². The molecule has 0 aliphatic heterocycles. The van der Waals surface area contributed by atoms with Gasteiger partial charge in [0.05, 0.1) is 6.61 Å². The van der Waals surface area contributed by atoms with E-state index >= 15 is 0 Å². The van der Waals surface area contributed by atoms with Crippen molar-refractivity contribution >= 4 is 45.2 Å². The van der Waals surface area contributed by atoms with Crippen LogP contribution < -0.4 is 0 Å². The molecule has 16 heavy (non-hydrogen) atoms. The fourth-order valence-electron chi connectivity index (χ4n) is 1.35. The molecule has 0 aliphatic rings. The maximum atomic E-state index is 10.5. The summed E-state index contributed by atoms with van der Waals surface area (Å²) in [4.78, 5) is 10.5. The van der Waals surface area contributed by atoms with Gasteiger partial charge in [0.2, 0.25) is 0 Å². The minimum absolute atomic E-state index is 0.201. The van der Waals surface area contributed by atoms with Gasteiger partial charge < -0.3 is 4.74 Å². The molecule has 0 radical (unpaired) electrons. The number of unbranched alkanes of at least 4 members (excludes halogenated alkanes) is 5. The summed E-state index contributed by atoms with van der Waals surface area (Å²) in [6.45, 7) is 1.97. The van der Waals surface area contributed by atoms with E-state index in [0.29, 0.717) is 6.61 Å². The molecule has 0 aromatic carbocycles. The first kappa shape index (κ1) is 16.6. The summed E-state index contributed by atoms with van der Waals surface area (Å²) in [7, 11) is 0. The first-order valence-corrected chi connectivity index (χ1v) is 10.9. The third-order valence-electron chi connectivity index (χ3n) is 2.16. The molecule has 0 spiro atoms. The van der Waals surface area contributed by atoms with Crippen LogP contribution in [0.15, 0.2) is 0 Å². The topological polar surface area (TPSA) is 26.3 Å². The van der Waals surface area contributed by atoms with Crippen molar-refractivity contribution in [3.05, 3.63) is 0 Å². The van der Waals surface area contributed by atoms with E-state index in [1.165, 1.54) is 6.92 Å². The molecule has 0 fully saturated rings. The number of hydrogen-bond acceptors (Lipinski definition) is 2. The second-order valence-electron chi connectivity index (χ2n) is 3.83. The van der Waals surface area contributed by atoms with Gasteiger partial charge in [-0.3, -0.25) is 4.79 Å². The Bertz CT molecular complexity index is 195. The van der Waals surface area contributed by atoms with E-state index in [9.17, 15) is 4.79 Å². The molecule has 0 aliphatic carbocycles. The summed E-state index contributed by atoms with van der Waals surface area (Å²) < 4.78 is 4.83. The second-order valence-corrected chi connectivity index (χ2v) is 13.1. The molecular formula is C10H19Cl3O2Si. The van der Waals surface area contributed by atoms with Crippen LogP contribution in [0.2, 0.25) is 6.04 Å². The maximum absolute atomic E-state index is 10.5. The number of esters is 1. The minimum atomic E-state index is -2.39. The average Bonchev–Trinajstić information content (AvgIpc) is 2.13. The predicted molar refractivity (Wildman–Crippen MR) is 72.5 cm³/mol. The number of carbonyl (C=O) groups is 1. The van der Waals surface area contributed by atoms with Gasteiger partial charge in [-0.25, -0.2) is 0 Å². The molecule has 0 rings (SSSR count). The Labute approximate surface area is 113 Å². The summed E-state index contributed by atoms with van der Waals surface area (Å²) in [5.41, 5.74) is 0. The lowest BCUT2D eigenvalue weighted by Crippen LogP contribution is -2.07. The molecule has 0 atom stereocenters. The third kappa shape index (κ3) is 14.6. The second kappa shape index (κ2) is 9.57. The van der Waals surface area contributed by atoms with Gasteiger partial charge >= 0.3 is 12.0 Å². The van der Waals surface area contributed by atoms with Crippen molar-refractivity contribution in [3.63, 3.8) is 0 Å². The van der Waals surface area contributed by atoms with Crippen LogP contribution >= 0.6 is 33.2 Å². The SMILES string of the molecule is CC(=O)OCCCCCCCC[Si](Cl)(Cl)Cl. The van der Waals surface area contributed by atoms with E-state index in [4.69, 9.17) is 38.0 Å². The molecular weight excluding hydrogens is 287 g/mol. The van der Waals surface area contributed by atoms with E-state index < -0.39 is 6.00 Å². The van der Waals surface area contributed by atoms with Crippen molar-refractivity contribution < 1.29 is 9.53 Å². The number of carbonyl (C=O) groups excluding carboxylic acids is 1. The lowest BCUT2D eigenvalue weighted by Gasteiger charge is -2.06. The molecule has 0 amide bonds. The Morgan fingerprint density at radius 2 is 1.50 bits per heavy atom. The Balaban J connectivity index is 3.07. The molecule has 0 heterocycles. The van der Waals surface area contributed by atoms with Crippen molar-refractivity contribution in [1.29, 1.82) is 0 Å². The predicted octanol–water partition coefficient (Wildman–Crippen LogP) is 4.55. The summed E-state index contributed by atoms with van der Waals surface area (Å²) in [5.74, 6) is -0.201. The fourth-order valence-corrected chi connectivity index (χ4v) is 3.20. The van der Waals surface area contributed by atoms with Crippen molar-refractivity contribution in [1.82, 2.24) is 0 Å². The molecule has 0 N–H and O–H groups in total. The Kier molecular flexibility index (Phi) is 9.91. The number of rotatable bonds is 9. The van der Waals surface area contributed by atoms with Gasteiger partial charge in [0.1, 0.15) is 0 Å². The maximum Gasteiger partial charge on any atom is 0.341 e. The third-order valence-corrected chi connectivity index (χ3v) is 4.78. The molecule has 0 aromatic heterocycles. The van der Waals surface area contributed by atoms with Gasteiger partial charge in [-0.15, -0.1) is 33.2 Å². The van der Waals surface area contributed by atoms with Gasteiger partial charge in [0.25, 0.3) is 0 Å². The number of ether oxygens (including phenoxy) is 1. The molecule has 96 valence electrons. The standard InChI is InChI=1S/C10H19Cl3O2Si/c1-10(14)15-8-6-4-2-3-5-7-9-16(11,12)13/h2-9H2,1H3. The van der Waals surface area contributed by atoms with Gasteiger partial charge in [-0.2, -0.15) is 0 Å². The highest BCUT2D eigenvalue weighted by Gasteiger charge is 2.23. The van der Waals surface area contributed by atoms with Gasteiger partial charge in [0, 0.05) is 6.92 Å². The van der Waals surface area contributed by atoms with Crippen LogP contribution in [-0.2, 0) is 9.53 Å². The summed E-state index contributed by atoms with van der Waals surface area (Å²) in [6.07, 6.45) is 6.48. The van der Waals surface area contributed by atoms with Crippen LogP contribution in [0.5, 0.6) is 0 Å². The number of halogens is 3. The van der Waals surface area contributed by atoms with Gasteiger partial charge in [-0.05, 0) is 12.5 Å². The monoisotopic (exact) mass is 304 g/mol. The average molecular weight is 306 g/mol. The molecule has 0 bridgehead atoms. The Morgan fingerprint density at radius 1 is 1.00 bits per heavy atom. The lowest BCUT2D eigenvalue weighted by atomic mass is 10.1. The number of hydrogen-bond donors (Lipinski definition) is 0. The normalized spacial score (nSPS) is 11.5. The quantitative estimate of drug-likeness (QED) is 0.270. The van der Waals surface area contributed by atoms with E-state index in [0.717, 1.165) is 44.6 Å². The van der Waals surface area contributed by atoms with Crippen molar-refractivity contribution in [2.24, 2.45) is 0 Å². The van der Waals surface area contributed by atoms with E-state index in [1.54, 1.807) is 0 Å². The largest absolute Gasteiger partial charge is 0.466 e. The highest BCUT2D eigenvalue weighted by molar-refractivity contribution is 7.64. The van der Waals surface area contributed by atoms with Crippen LogP contribution in [0.4, 0.5) is 0 Å². The minimum Gasteiger partial charge on any atom is -0.466 e. The van der Waals surface area contributed by atoms with Gasteiger partial charge in [0.15, 0.2) is 0 Å². The molecule has 0 aromatic rings. The Morgan fingerprint density at radius 3 is 2.00 bits per heavy atom. The van der Waals surface area contributed by atoms with Crippen molar-refractivity contribution in [2.45, 2.75) is 51.5 Å². The fraction of sp³-hybridized carbons (Fsp3) is 0.900. The molecule has 0 unspecified atom stereocenters. The van der Waals surface area contributed by atoms with Gasteiger partial charge in [-0.1, -0.05) is 32.1 Å².